The van der Waals surface area contributed by atoms with Gasteiger partial charge in [0.2, 0.25) is 0 Å². The van der Waals surface area contributed by atoms with Crippen molar-refractivity contribution in [3.05, 3.63) is 122 Å². The molecule has 7 rings (SSSR count). The van der Waals surface area contributed by atoms with Gasteiger partial charge in [0, 0.05) is 61.8 Å². The molecule has 0 aliphatic carbocycles. The summed E-state index contributed by atoms with van der Waals surface area (Å²) in [7, 11) is 0. The van der Waals surface area contributed by atoms with Gasteiger partial charge < -0.3 is 9.32 Å². The van der Waals surface area contributed by atoms with E-state index in [0.717, 1.165) is 49.5 Å². The maximum atomic E-state index is 14.4. The lowest BCUT2D eigenvalue weighted by atomic mass is 9.97. The highest BCUT2D eigenvalue weighted by molar-refractivity contribution is 7.07. The van der Waals surface area contributed by atoms with E-state index >= 15 is 0 Å². The van der Waals surface area contributed by atoms with Crippen molar-refractivity contribution in [3.8, 4) is 11.3 Å². The Bertz CT molecular complexity index is 1770. The van der Waals surface area contributed by atoms with Crippen molar-refractivity contribution < 1.29 is 9.21 Å². The second-order valence-electron chi connectivity index (χ2n) is 11.2. The van der Waals surface area contributed by atoms with Crippen molar-refractivity contribution in [3.63, 3.8) is 0 Å². The summed E-state index contributed by atoms with van der Waals surface area (Å²) in [6, 6.07) is 25.5. The SMILES string of the molecule is Cc1c(-c2ccccc2)oc2c(C(=O)N3CCN(C4CN(Cc5cscn5)C4)CC3c3ccccc3)cccc2c1=O. The minimum absolute atomic E-state index is 0.110. The minimum atomic E-state index is -0.112. The molecule has 1 atom stereocenters. The molecule has 212 valence electrons. The van der Waals surface area contributed by atoms with Gasteiger partial charge in [-0.2, -0.15) is 0 Å². The van der Waals surface area contributed by atoms with Gasteiger partial charge in [-0.3, -0.25) is 19.4 Å². The lowest BCUT2D eigenvalue weighted by Gasteiger charge is -2.50. The number of nitrogens with zero attached hydrogens (tertiary/aromatic N) is 4. The molecule has 0 bridgehead atoms. The fourth-order valence-electron chi connectivity index (χ4n) is 6.28. The Kier molecular flexibility index (Phi) is 7.19. The van der Waals surface area contributed by atoms with Crippen LogP contribution < -0.4 is 5.43 Å². The summed E-state index contributed by atoms with van der Waals surface area (Å²) >= 11 is 1.64. The number of piperazine rings is 1. The summed E-state index contributed by atoms with van der Waals surface area (Å²) in [5, 5.41) is 2.55. The van der Waals surface area contributed by atoms with Crippen LogP contribution >= 0.6 is 11.3 Å². The normalized spacial score (nSPS) is 18.3. The molecule has 7 nitrogen and oxygen atoms in total. The van der Waals surface area contributed by atoms with Crippen LogP contribution in [0.4, 0.5) is 0 Å². The monoisotopic (exact) mass is 576 g/mol. The molecule has 2 aliphatic rings. The van der Waals surface area contributed by atoms with Gasteiger partial charge in [-0.25, -0.2) is 4.98 Å². The highest BCUT2D eigenvalue weighted by Gasteiger charge is 2.39. The molecule has 2 aliphatic heterocycles. The Morgan fingerprint density at radius 3 is 2.45 bits per heavy atom. The number of para-hydroxylation sites is 1. The van der Waals surface area contributed by atoms with E-state index in [2.05, 4.69) is 32.3 Å². The molecule has 1 amide bonds. The average molecular weight is 577 g/mol. The second-order valence-corrected chi connectivity index (χ2v) is 11.9. The molecule has 42 heavy (non-hydrogen) atoms. The van der Waals surface area contributed by atoms with E-state index in [9.17, 15) is 9.59 Å². The molecule has 0 N–H and O–H groups in total. The van der Waals surface area contributed by atoms with Gasteiger partial charge in [-0.1, -0.05) is 66.7 Å². The second kappa shape index (κ2) is 11.3. The predicted molar refractivity (Wildman–Crippen MR) is 166 cm³/mol. The minimum Gasteiger partial charge on any atom is -0.455 e. The Balaban J connectivity index is 1.19. The average Bonchev–Trinajstić information content (AvgIpc) is 3.54. The molecule has 0 spiro atoms. The quantitative estimate of drug-likeness (QED) is 0.262. The standard InChI is InChI=1S/C34H32N4O3S/c1-23-31(39)28-13-8-14-29(33(28)41-32(23)25-11-6-3-7-12-25)34(40)38-16-15-37(20-30(38)24-9-4-2-5-10-24)27-18-36(19-27)17-26-21-42-22-35-26/h2-14,21-22,27,30H,15-20H2,1H3. The molecule has 5 aromatic rings. The summed E-state index contributed by atoms with van der Waals surface area (Å²) in [6.45, 7) is 6.83. The van der Waals surface area contributed by atoms with Crippen molar-refractivity contribution in [2.24, 2.45) is 0 Å². The van der Waals surface area contributed by atoms with E-state index in [-0.39, 0.29) is 17.4 Å². The lowest BCUT2D eigenvalue weighted by molar-refractivity contribution is -0.0159. The first-order valence-electron chi connectivity index (χ1n) is 14.4. The van der Waals surface area contributed by atoms with Crippen LogP contribution in [0.5, 0.6) is 0 Å². The van der Waals surface area contributed by atoms with Crippen molar-refractivity contribution in [2.45, 2.75) is 25.6 Å². The van der Waals surface area contributed by atoms with E-state index < -0.39 is 0 Å². The van der Waals surface area contributed by atoms with E-state index in [1.807, 2.05) is 58.9 Å². The Hall–Kier alpha value is -4.11. The van der Waals surface area contributed by atoms with Crippen LogP contribution in [-0.4, -0.2) is 64.4 Å². The van der Waals surface area contributed by atoms with Crippen LogP contribution in [0, 0.1) is 6.92 Å². The number of fused-ring (bicyclic) bond motifs is 1. The summed E-state index contributed by atoms with van der Waals surface area (Å²) in [6.07, 6.45) is 0. The van der Waals surface area contributed by atoms with Crippen LogP contribution in [0.1, 0.15) is 33.2 Å². The Labute approximate surface area is 248 Å². The van der Waals surface area contributed by atoms with E-state index in [0.29, 0.717) is 40.4 Å². The van der Waals surface area contributed by atoms with Crippen molar-refractivity contribution >= 4 is 28.2 Å². The molecule has 1 unspecified atom stereocenters. The molecular weight excluding hydrogens is 544 g/mol. The van der Waals surface area contributed by atoms with Crippen molar-refractivity contribution in [1.29, 1.82) is 0 Å². The van der Waals surface area contributed by atoms with E-state index in [1.165, 1.54) is 0 Å². The number of carbonyl (C=O) groups is 1. The maximum Gasteiger partial charge on any atom is 0.258 e. The topological polar surface area (TPSA) is 69.9 Å². The highest BCUT2D eigenvalue weighted by Crippen LogP contribution is 2.33. The summed E-state index contributed by atoms with van der Waals surface area (Å²) in [4.78, 5) is 39.2. The van der Waals surface area contributed by atoms with Crippen LogP contribution in [0.25, 0.3) is 22.3 Å². The van der Waals surface area contributed by atoms with Crippen molar-refractivity contribution in [1.82, 2.24) is 19.7 Å². The third kappa shape index (κ3) is 4.96. The highest BCUT2D eigenvalue weighted by atomic mass is 32.1. The van der Waals surface area contributed by atoms with Gasteiger partial charge in [0.15, 0.2) is 11.0 Å². The fourth-order valence-corrected chi connectivity index (χ4v) is 6.83. The number of hydrogen-bond donors (Lipinski definition) is 0. The summed E-state index contributed by atoms with van der Waals surface area (Å²) in [5.74, 6) is 0.392. The molecule has 3 aromatic carbocycles. The number of amides is 1. The van der Waals surface area contributed by atoms with E-state index in [4.69, 9.17) is 4.42 Å². The van der Waals surface area contributed by atoms with Crippen LogP contribution in [0.2, 0.25) is 0 Å². The summed E-state index contributed by atoms with van der Waals surface area (Å²) in [5.41, 5.74) is 6.14. The lowest BCUT2D eigenvalue weighted by Crippen LogP contribution is -2.63. The molecule has 2 fully saturated rings. The van der Waals surface area contributed by atoms with Crippen LogP contribution in [0.15, 0.2) is 99.0 Å². The van der Waals surface area contributed by atoms with Gasteiger partial charge in [0.25, 0.3) is 5.91 Å². The molecule has 0 saturated carbocycles. The molecular formula is C34H32N4O3S. The number of benzene rings is 3. The van der Waals surface area contributed by atoms with E-state index in [1.54, 1.807) is 36.5 Å². The Morgan fingerprint density at radius 1 is 0.952 bits per heavy atom. The van der Waals surface area contributed by atoms with Crippen LogP contribution in [-0.2, 0) is 6.54 Å². The first-order valence-corrected chi connectivity index (χ1v) is 15.3. The first-order chi connectivity index (χ1) is 20.6. The molecule has 2 saturated heterocycles. The number of rotatable bonds is 6. The largest absolute Gasteiger partial charge is 0.455 e. The zero-order valence-electron chi connectivity index (χ0n) is 23.5. The molecule has 8 heteroatoms. The number of aromatic nitrogens is 1. The fraction of sp³-hybridized carbons (Fsp3) is 0.265. The van der Waals surface area contributed by atoms with Crippen LogP contribution in [0.3, 0.4) is 0 Å². The predicted octanol–water partition coefficient (Wildman–Crippen LogP) is 5.61. The third-order valence-corrected chi connectivity index (χ3v) is 9.23. The molecule has 2 aromatic heterocycles. The number of carbonyl (C=O) groups excluding carboxylic acids is 1. The maximum absolute atomic E-state index is 14.4. The summed E-state index contributed by atoms with van der Waals surface area (Å²) < 4.78 is 6.42. The zero-order chi connectivity index (χ0) is 28.6. The number of thiazole rings is 1. The molecule has 4 heterocycles. The van der Waals surface area contributed by atoms with Gasteiger partial charge in [-0.05, 0) is 24.6 Å². The Morgan fingerprint density at radius 2 is 1.71 bits per heavy atom. The number of hydrogen-bond acceptors (Lipinski definition) is 7. The van der Waals surface area contributed by atoms with Gasteiger partial charge >= 0.3 is 0 Å². The van der Waals surface area contributed by atoms with Gasteiger partial charge in [0.05, 0.1) is 28.2 Å². The van der Waals surface area contributed by atoms with Gasteiger partial charge in [-0.15, -0.1) is 11.3 Å². The van der Waals surface area contributed by atoms with Crippen molar-refractivity contribution in [2.75, 3.05) is 32.7 Å². The van der Waals surface area contributed by atoms with Gasteiger partial charge in [0.1, 0.15) is 5.76 Å². The smallest absolute Gasteiger partial charge is 0.258 e. The molecule has 0 radical (unpaired) electrons. The number of likely N-dealkylation sites (tertiary alicyclic amines) is 1. The zero-order valence-corrected chi connectivity index (χ0v) is 24.3. The first kappa shape index (κ1) is 26.8. The third-order valence-electron chi connectivity index (χ3n) is 8.59.